The molecule has 16 heavy (non-hydrogen) atoms. The molecular formula is C12H15NO3. The van der Waals surface area contributed by atoms with Crippen LogP contribution >= 0.6 is 0 Å². The van der Waals surface area contributed by atoms with Crippen LogP contribution in [0.2, 0.25) is 0 Å². The molecule has 0 aromatic carbocycles. The number of ether oxygens (including phenoxy) is 1. The maximum Gasteiger partial charge on any atom is 0.330 e. The van der Waals surface area contributed by atoms with Crippen LogP contribution in [0.3, 0.4) is 0 Å². The lowest BCUT2D eigenvalue weighted by Gasteiger charge is -2.02. The van der Waals surface area contributed by atoms with Gasteiger partial charge in [0.05, 0.1) is 12.3 Å². The minimum Gasteiger partial charge on any atom is -0.463 e. The summed E-state index contributed by atoms with van der Waals surface area (Å²) in [4.78, 5) is 22.2. The van der Waals surface area contributed by atoms with Gasteiger partial charge in [-0.1, -0.05) is 6.08 Å². The SMILES string of the molecule is CCOC(=O)/C=C/Cn1cccc1C(C)=O. The van der Waals surface area contributed by atoms with Gasteiger partial charge in [-0.15, -0.1) is 0 Å². The highest BCUT2D eigenvalue weighted by Crippen LogP contribution is 2.03. The van der Waals surface area contributed by atoms with Crippen LogP contribution in [0.5, 0.6) is 0 Å². The molecule has 0 unspecified atom stereocenters. The van der Waals surface area contributed by atoms with E-state index in [1.54, 1.807) is 35.9 Å². The zero-order valence-electron chi connectivity index (χ0n) is 9.47. The Balaban J connectivity index is 2.57. The van der Waals surface area contributed by atoms with Gasteiger partial charge >= 0.3 is 5.97 Å². The third-order valence-corrected chi connectivity index (χ3v) is 2.03. The van der Waals surface area contributed by atoms with Crippen molar-refractivity contribution in [2.24, 2.45) is 0 Å². The molecule has 4 nitrogen and oxygen atoms in total. The van der Waals surface area contributed by atoms with Gasteiger partial charge in [-0.25, -0.2) is 4.79 Å². The molecular weight excluding hydrogens is 206 g/mol. The van der Waals surface area contributed by atoms with Crippen LogP contribution in [0.25, 0.3) is 0 Å². The number of ketones is 1. The van der Waals surface area contributed by atoms with Gasteiger partial charge in [-0.05, 0) is 19.1 Å². The second-order valence-corrected chi connectivity index (χ2v) is 3.26. The van der Waals surface area contributed by atoms with E-state index < -0.39 is 0 Å². The van der Waals surface area contributed by atoms with Crippen molar-refractivity contribution in [3.8, 4) is 0 Å². The Bertz CT molecular complexity index is 404. The fourth-order valence-electron chi connectivity index (χ4n) is 1.35. The Morgan fingerprint density at radius 2 is 2.25 bits per heavy atom. The van der Waals surface area contributed by atoms with Crippen molar-refractivity contribution in [1.82, 2.24) is 4.57 Å². The summed E-state index contributed by atoms with van der Waals surface area (Å²) < 4.78 is 6.51. The quantitative estimate of drug-likeness (QED) is 0.433. The van der Waals surface area contributed by atoms with E-state index in [1.165, 1.54) is 13.0 Å². The predicted octanol–water partition coefficient (Wildman–Crippen LogP) is 1.81. The Morgan fingerprint density at radius 1 is 1.50 bits per heavy atom. The van der Waals surface area contributed by atoms with E-state index in [0.717, 1.165) is 0 Å². The number of carbonyl (C=O) groups is 2. The van der Waals surface area contributed by atoms with E-state index >= 15 is 0 Å². The van der Waals surface area contributed by atoms with Crippen molar-refractivity contribution in [3.63, 3.8) is 0 Å². The predicted molar refractivity (Wildman–Crippen MR) is 60.2 cm³/mol. The van der Waals surface area contributed by atoms with Crippen molar-refractivity contribution in [3.05, 3.63) is 36.2 Å². The molecule has 0 fully saturated rings. The molecule has 0 aliphatic carbocycles. The highest BCUT2D eigenvalue weighted by Gasteiger charge is 2.03. The summed E-state index contributed by atoms with van der Waals surface area (Å²) in [5, 5.41) is 0. The van der Waals surface area contributed by atoms with Gasteiger partial charge in [0.2, 0.25) is 0 Å². The standard InChI is InChI=1S/C12H15NO3/c1-3-16-12(15)7-5-9-13-8-4-6-11(13)10(2)14/h4-8H,3,9H2,1-2H3/b7-5+. The highest BCUT2D eigenvalue weighted by molar-refractivity contribution is 5.92. The van der Waals surface area contributed by atoms with Crippen LogP contribution in [0.15, 0.2) is 30.5 Å². The smallest absolute Gasteiger partial charge is 0.330 e. The summed E-state index contributed by atoms with van der Waals surface area (Å²) in [5.74, 6) is -0.353. The number of hydrogen-bond donors (Lipinski definition) is 0. The summed E-state index contributed by atoms with van der Waals surface area (Å²) >= 11 is 0. The van der Waals surface area contributed by atoms with Crippen LogP contribution in [-0.2, 0) is 16.1 Å². The van der Waals surface area contributed by atoms with Gasteiger partial charge in [0.25, 0.3) is 0 Å². The van der Waals surface area contributed by atoms with Gasteiger partial charge in [-0.3, -0.25) is 4.79 Å². The summed E-state index contributed by atoms with van der Waals surface area (Å²) in [6.45, 7) is 4.12. The summed E-state index contributed by atoms with van der Waals surface area (Å²) in [6, 6.07) is 3.55. The van der Waals surface area contributed by atoms with Crippen molar-refractivity contribution in [1.29, 1.82) is 0 Å². The first-order valence-electron chi connectivity index (χ1n) is 5.14. The van der Waals surface area contributed by atoms with Crippen molar-refractivity contribution in [2.75, 3.05) is 6.61 Å². The van der Waals surface area contributed by atoms with E-state index in [2.05, 4.69) is 0 Å². The molecule has 0 aliphatic heterocycles. The lowest BCUT2D eigenvalue weighted by molar-refractivity contribution is -0.137. The second-order valence-electron chi connectivity index (χ2n) is 3.26. The normalized spacial score (nSPS) is 10.6. The van der Waals surface area contributed by atoms with E-state index in [1.807, 2.05) is 0 Å². The Hall–Kier alpha value is -1.84. The van der Waals surface area contributed by atoms with Gasteiger partial charge < -0.3 is 9.30 Å². The van der Waals surface area contributed by atoms with Gasteiger partial charge in [-0.2, -0.15) is 0 Å². The van der Waals surface area contributed by atoms with E-state index in [0.29, 0.717) is 18.8 Å². The number of nitrogens with zero attached hydrogens (tertiary/aromatic N) is 1. The van der Waals surface area contributed by atoms with E-state index in [-0.39, 0.29) is 11.8 Å². The molecule has 0 bridgehead atoms. The largest absolute Gasteiger partial charge is 0.463 e. The maximum absolute atomic E-state index is 11.2. The molecule has 1 aromatic heterocycles. The number of allylic oxidation sites excluding steroid dienone is 1. The van der Waals surface area contributed by atoms with E-state index in [9.17, 15) is 9.59 Å². The molecule has 86 valence electrons. The molecule has 0 saturated heterocycles. The van der Waals surface area contributed by atoms with Crippen molar-refractivity contribution in [2.45, 2.75) is 20.4 Å². The fourth-order valence-corrected chi connectivity index (χ4v) is 1.35. The zero-order valence-corrected chi connectivity index (χ0v) is 9.47. The molecule has 1 rings (SSSR count). The average Bonchev–Trinajstić information content (AvgIpc) is 2.66. The first-order chi connectivity index (χ1) is 7.65. The van der Waals surface area contributed by atoms with Crippen LogP contribution in [0.1, 0.15) is 24.3 Å². The molecule has 0 saturated carbocycles. The molecule has 0 atom stereocenters. The molecule has 0 N–H and O–H groups in total. The minimum atomic E-state index is -0.362. The number of hydrogen-bond acceptors (Lipinski definition) is 3. The summed E-state index contributed by atoms with van der Waals surface area (Å²) in [5.41, 5.74) is 0.633. The fraction of sp³-hybridized carbons (Fsp3) is 0.333. The molecule has 4 heteroatoms. The average molecular weight is 221 g/mol. The number of aromatic nitrogens is 1. The zero-order chi connectivity index (χ0) is 12.0. The topological polar surface area (TPSA) is 48.3 Å². The third kappa shape index (κ3) is 3.38. The van der Waals surface area contributed by atoms with Crippen LogP contribution in [0, 0.1) is 0 Å². The summed E-state index contributed by atoms with van der Waals surface area (Å²) in [6.07, 6.45) is 4.84. The van der Waals surface area contributed by atoms with Crippen LogP contribution in [-0.4, -0.2) is 22.9 Å². The Labute approximate surface area is 94.5 Å². The number of esters is 1. The van der Waals surface area contributed by atoms with E-state index in [4.69, 9.17) is 4.74 Å². The molecule has 1 aromatic rings. The molecule has 0 aliphatic rings. The first-order valence-corrected chi connectivity index (χ1v) is 5.14. The summed E-state index contributed by atoms with van der Waals surface area (Å²) in [7, 11) is 0. The highest BCUT2D eigenvalue weighted by atomic mass is 16.5. The molecule has 1 heterocycles. The lowest BCUT2D eigenvalue weighted by atomic mass is 10.3. The number of rotatable bonds is 5. The van der Waals surface area contributed by atoms with Gasteiger partial charge in [0.1, 0.15) is 0 Å². The first kappa shape index (κ1) is 12.2. The minimum absolute atomic E-state index is 0.00883. The third-order valence-electron chi connectivity index (χ3n) is 2.03. The Kier molecular flexibility index (Phi) is 4.51. The van der Waals surface area contributed by atoms with Crippen LogP contribution in [0.4, 0.5) is 0 Å². The molecule has 0 radical (unpaired) electrons. The van der Waals surface area contributed by atoms with Gasteiger partial charge in [0.15, 0.2) is 5.78 Å². The number of Topliss-reactive ketones (excluding diaryl/α,β-unsaturated/α-hetero) is 1. The second kappa shape index (κ2) is 5.90. The Morgan fingerprint density at radius 3 is 2.88 bits per heavy atom. The molecule has 0 spiro atoms. The molecule has 0 amide bonds. The lowest BCUT2D eigenvalue weighted by Crippen LogP contribution is -2.05. The van der Waals surface area contributed by atoms with Crippen LogP contribution < -0.4 is 0 Å². The van der Waals surface area contributed by atoms with Gasteiger partial charge in [0, 0.05) is 25.7 Å². The maximum atomic E-state index is 11.2. The monoisotopic (exact) mass is 221 g/mol. The van der Waals surface area contributed by atoms with Crippen molar-refractivity contribution >= 4 is 11.8 Å². The van der Waals surface area contributed by atoms with Crippen molar-refractivity contribution < 1.29 is 14.3 Å². The number of carbonyl (C=O) groups excluding carboxylic acids is 2.